The van der Waals surface area contributed by atoms with Gasteiger partial charge in [-0.2, -0.15) is 0 Å². The van der Waals surface area contributed by atoms with Crippen molar-refractivity contribution in [3.63, 3.8) is 0 Å². The van der Waals surface area contributed by atoms with E-state index >= 15 is 0 Å². The Morgan fingerprint density at radius 2 is 2.12 bits per heavy atom. The zero-order valence-corrected chi connectivity index (χ0v) is 10.3. The fraction of sp³-hybridized carbons (Fsp3) is 0.364. The number of alkyl carbamates (subject to hydrolysis) is 1. The van der Waals surface area contributed by atoms with Gasteiger partial charge in [0.15, 0.2) is 0 Å². The summed E-state index contributed by atoms with van der Waals surface area (Å²) in [7, 11) is 0. The van der Waals surface area contributed by atoms with Crippen molar-refractivity contribution >= 4 is 22.0 Å². The molecule has 0 aliphatic rings. The molecule has 2 N–H and O–H groups in total. The molecule has 1 aromatic rings. The Morgan fingerprint density at radius 3 is 2.75 bits per heavy atom. The average molecular weight is 288 g/mol. The van der Waals surface area contributed by atoms with E-state index in [1.54, 1.807) is 0 Å². The molecular weight excluding hydrogens is 274 g/mol. The molecule has 1 atom stereocenters. The topological polar surface area (TPSA) is 58.6 Å². The smallest absolute Gasteiger partial charge is 0.407 e. The van der Waals surface area contributed by atoms with Gasteiger partial charge in [0.1, 0.15) is 6.61 Å². The number of nitrogens with one attached hydrogen (secondary N) is 1. The van der Waals surface area contributed by atoms with Crippen molar-refractivity contribution in [3.8, 4) is 0 Å². The molecule has 1 aromatic carbocycles. The van der Waals surface area contributed by atoms with Gasteiger partial charge < -0.3 is 15.2 Å². The fourth-order valence-electron chi connectivity index (χ4n) is 1.04. The monoisotopic (exact) mass is 287 g/mol. The molecule has 1 amide bonds. The first-order valence-corrected chi connectivity index (χ1v) is 6.03. The zero-order chi connectivity index (χ0) is 11.8. The molecule has 0 aromatic heterocycles. The van der Waals surface area contributed by atoms with Crippen LogP contribution in [0, 0.1) is 0 Å². The van der Waals surface area contributed by atoms with Crippen molar-refractivity contribution in [2.24, 2.45) is 0 Å². The summed E-state index contributed by atoms with van der Waals surface area (Å²) in [5.74, 6) is 0. The van der Waals surface area contributed by atoms with Crippen molar-refractivity contribution in [2.75, 3.05) is 11.9 Å². The van der Waals surface area contributed by atoms with Crippen LogP contribution in [0.1, 0.15) is 5.56 Å². The number of alkyl halides is 1. The molecule has 16 heavy (non-hydrogen) atoms. The highest BCUT2D eigenvalue weighted by Crippen LogP contribution is 1.97. The van der Waals surface area contributed by atoms with Gasteiger partial charge in [-0.25, -0.2) is 4.79 Å². The minimum absolute atomic E-state index is 0.00806. The molecule has 4 nitrogen and oxygen atoms in total. The average Bonchev–Trinajstić information content (AvgIpc) is 2.34. The maximum Gasteiger partial charge on any atom is 0.407 e. The summed E-state index contributed by atoms with van der Waals surface area (Å²) >= 11 is 3.08. The van der Waals surface area contributed by atoms with Crippen molar-refractivity contribution < 1.29 is 14.6 Å². The fourth-order valence-corrected chi connectivity index (χ4v) is 1.22. The van der Waals surface area contributed by atoms with Crippen LogP contribution in [-0.2, 0) is 11.3 Å². The Hall–Kier alpha value is -1.07. The molecule has 0 saturated carbocycles. The standard InChI is InChI=1S/C11H14BrNO3/c12-6-10(14)8-16-11(15)13-7-9-4-2-1-3-5-9/h1-5,10,14H,6-8H2,(H,13,15). The first-order valence-electron chi connectivity index (χ1n) is 4.91. The molecule has 88 valence electrons. The van der Waals surface area contributed by atoms with E-state index in [0.717, 1.165) is 5.56 Å². The number of hydrogen-bond donors (Lipinski definition) is 2. The lowest BCUT2D eigenvalue weighted by Gasteiger charge is -2.09. The molecule has 0 bridgehead atoms. The molecule has 0 aliphatic heterocycles. The second-order valence-corrected chi connectivity index (χ2v) is 3.89. The van der Waals surface area contributed by atoms with Crippen molar-refractivity contribution in [3.05, 3.63) is 35.9 Å². The number of halogens is 1. The number of aliphatic hydroxyl groups excluding tert-OH is 1. The predicted molar refractivity (Wildman–Crippen MR) is 64.4 cm³/mol. The summed E-state index contributed by atoms with van der Waals surface area (Å²) in [6.45, 7) is 0.413. The lowest BCUT2D eigenvalue weighted by atomic mass is 10.2. The number of rotatable bonds is 5. The van der Waals surface area contributed by atoms with E-state index in [1.807, 2.05) is 30.3 Å². The number of benzene rings is 1. The van der Waals surface area contributed by atoms with Gasteiger partial charge in [0.25, 0.3) is 0 Å². The Labute approximate surface area is 103 Å². The number of carbonyl (C=O) groups is 1. The maximum atomic E-state index is 11.2. The van der Waals surface area contributed by atoms with Crippen LogP contribution in [0.2, 0.25) is 0 Å². The second-order valence-electron chi connectivity index (χ2n) is 3.25. The summed E-state index contributed by atoms with van der Waals surface area (Å²) < 4.78 is 4.79. The highest BCUT2D eigenvalue weighted by Gasteiger charge is 2.06. The number of ether oxygens (including phenoxy) is 1. The number of aliphatic hydroxyl groups is 1. The molecule has 0 radical (unpaired) electrons. The Balaban J connectivity index is 2.20. The minimum Gasteiger partial charge on any atom is -0.447 e. The van der Waals surface area contributed by atoms with E-state index in [0.29, 0.717) is 11.9 Å². The summed E-state index contributed by atoms with van der Waals surface area (Å²) in [5.41, 5.74) is 1.00. The van der Waals surface area contributed by atoms with Crippen LogP contribution in [0.5, 0.6) is 0 Å². The van der Waals surface area contributed by atoms with E-state index in [4.69, 9.17) is 9.84 Å². The first-order chi connectivity index (χ1) is 7.72. The lowest BCUT2D eigenvalue weighted by molar-refractivity contribution is 0.0807. The van der Waals surface area contributed by atoms with Gasteiger partial charge in [0.2, 0.25) is 0 Å². The van der Waals surface area contributed by atoms with Crippen LogP contribution in [0.4, 0.5) is 4.79 Å². The second kappa shape index (κ2) is 7.24. The highest BCUT2D eigenvalue weighted by molar-refractivity contribution is 9.09. The van der Waals surface area contributed by atoms with E-state index in [-0.39, 0.29) is 6.61 Å². The lowest BCUT2D eigenvalue weighted by Crippen LogP contribution is -2.28. The van der Waals surface area contributed by atoms with Crippen molar-refractivity contribution in [1.29, 1.82) is 0 Å². The Bertz CT molecular complexity index is 318. The third-order valence-electron chi connectivity index (χ3n) is 1.86. The third kappa shape index (κ3) is 5.14. The van der Waals surface area contributed by atoms with E-state index < -0.39 is 12.2 Å². The molecule has 0 saturated heterocycles. The van der Waals surface area contributed by atoms with Crippen LogP contribution in [0.3, 0.4) is 0 Å². The number of carbonyl (C=O) groups excluding carboxylic acids is 1. The Morgan fingerprint density at radius 1 is 1.44 bits per heavy atom. The minimum atomic E-state index is -0.664. The summed E-state index contributed by atoms with van der Waals surface area (Å²) in [5, 5.41) is 12.1. The number of amides is 1. The van der Waals surface area contributed by atoms with Crippen molar-refractivity contribution in [2.45, 2.75) is 12.6 Å². The SMILES string of the molecule is O=C(NCc1ccccc1)OCC(O)CBr. The molecule has 1 rings (SSSR count). The van der Waals surface area contributed by atoms with E-state index in [9.17, 15) is 4.79 Å². The molecule has 5 heteroatoms. The van der Waals surface area contributed by atoms with Crippen molar-refractivity contribution in [1.82, 2.24) is 5.32 Å². The molecular formula is C11H14BrNO3. The normalized spacial score (nSPS) is 11.9. The van der Waals surface area contributed by atoms with Gasteiger partial charge >= 0.3 is 6.09 Å². The van der Waals surface area contributed by atoms with Crippen LogP contribution < -0.4 is 5.32 Å². The van der Waals surface area contributed by atoms with Crippen LogP contribution >= 0.6 is 15.9 Å². The maximum absolute atomic E-state index is 11.2. The van der Waals surface area contributed by atoms with Crippen LogP contribution in [0.15, 0.2) is 30.3 Å². The summed E-state index contributed by atoms with van der Waals surface area (Å²) in [4.78, 5) is 11.2. The van der Waals surface area contributed by atoms with Crippen LogP contribution in [-0.4, -0.2) is 29.2 Å². The van der Waals surface area contributed by atoms with E-state index in [1.165, 1.54) is 0 Å². The van der Waals surface area contributed by atoms with Gasteiger partial charge in [-0.1, -0.05) is 46.3 Å². The molecule has 0 spiro atoms. The van der Waals surface area contributed by atoms with Gasteiger partial charge in [0, 0.05) is 11.9 Å². The largest absolute Gasteiger partial charge is 0.447 e. The Kier molecular flexibility index (Phi) is 5.88. The van der Waals surface area contributed by atoms with Gasteiger partial charge in [-0.15, -0.1) is 0 Å². The summed E-state index contributed by atoms with van der Waals surface area (Å²) in [6.07, 6.45) is -1.19. The molecule has 0 heterocycles. The highest BCUT2D eigenvalue weighted by atomic mass is 79.9. The van der Waals surface area contributed by atoms with Gasteiger partial charge in [-0.05, 0) is 5.56 Å². The first kappa shape index (κ1) is 13.0. The molecule has 1 unspecified atom stereocenters. The third-order valence-corrected chi connectivity index (χ3v) is 2.61. The quantitative estimate of drug-likeness (QED) is 0.810. The summed E-state index contributed by atoms with van der Waals surface area (Å²) in [6, 6.07) is 9.53. The number of hydrogen-bond acceptors (Lipinski definition) is 3. The predicted octanol–water partition coefficient (Wildman–Crippen LogP) is 1.67. The molecule has 0 aliphatic carbocycles. The molecule has 0 fully saturated rings. The van der Waals surface area contributed by atoms with Gasteiger partial charge in [0.05, 0.1) is 6.10 Å². The van der Waals surface area contributed by atoms with Crippen LogP contribution in [0.25, 0.3) is 0 Å². The van der Waals surface area contributed by atoms with Gasteiger partial charge in [-0.3, -0.25) is 0 Å². The zero-order valence-electron chi connectivity index (χ0n) is 8.73. The van der Waals surface area contributed by atoms with E-state index in [2.05, 4.69) is 21.2 Å².